The molecule has 2 aromatic carbocycles. The number of carbonyl (C=O) groups is 10. The lowest BCUT2D eigenvalue weighted by Gasteiger charge is -2.36. The van der Waals surface area contributed by atoms with Gasteiger partial charge in [-0.2, -0.15) is 0 Å². The summed E-state index contributed by atoms with van der Waals surface area (Å²) in [5, 5.41) is 22.5. The van der Waals surface area contributed by atoms with Crippen LogP contribution in [0.3, 0.4) is 0 Å². The first kappa shape index (κ1) is 72.5. The van der Waals surface area contributed by atoms with E-state index >= 15 is 0 Å². The van der Waals surface area contributed by atoms with Gasteiger partial charge >= 0.3 is 17.9 Å². The van der Waals surface area contributed by atoms with E-state index in [0.29, 0.717) is 62.2 Å². The number of hydrazine groups is 2. The van der Waals surface area contributed by atoms with Gasteiger partial charge in [0.15, 0.2) is 0 Å². The lowest BCUT2D eigenvalue weighted by molar-refractivity contribution is -0.158. The monoisotopic (exact) mass is 1310 g/mol. The largest absolute Gasteiger partial charge is 0.481 e. The van der Waals surface area contributed by atoms with Crippen LogP contribution >= 0.6 is 0 Å². The van der Waals surface area contributed by atoms with Crippen molar-refractivity contribution in [1.82, 2.24) is 51.7 Å². The Bertz CT molecular complexity index is 3550. The van der Waals surface area contributed by atoms with Crippen molar-refractivity contribution in [2.45, 2.75) is 183 Å². The molecule has 23 nitrogen and oxygen atoms in total. The molecule has 0 saturated carbocycles. The number of rotatable bonds is 6. The summed E-state index contributed by atoms with van der Waals surface area (Å²) in [5.41, 5.74) is 8.32. The number of hydrogen-bond acceptors (Lipinski definition) is 17. The van der Waals surface area contributed by atoms with E-state index in [9.17, 15) is 53.1 Å². The molecule has 4 aromatic rings. The van der Waals surface area contributed by atoms with Gasteiger partial charge in [-0.3, -0.25) is 58.0 Å². The van der Waals surface area contributed by atoms with Crippen LogP contribution in [-0.2, 0) is 57.4 Å². The summed E-state index contributed by atoms with van der Waals surface area (Å²) < 4.78 is 11.6. The molecule has 10 bridgehead atoms. The number of carboxylic acids is 1. The Morgan fingerprint density at radius 1 is 0.568 bits per heavy atom. The summed E-state index contributed by atoms with van der Waals surface area (Å²) in [7, 11) is 0. The molecule has 0 unspecified atom stereocenters. The highest BCUT2D eigenvalue weighted by Crippen LogP contribution is 2.32. The number of benzene rings is 2. The van der Waals surface area contributed by atoms with E-state index in [-0.39, 0.29) is 55.1 Å². The fourth-order valence-corrected chi connectivity index (χ4v) is 12.2. The second kappa shape index (κ2) is 32.4. The van der Waals surface area contributed by atoms with Gasteiger partial charge in [0.25, 0.3) is 11.8 Å². The van der Waals surface area contributed by atoms with Crippen LogP contribution in [-0.4, -0.2) is 152 Å². The van der Waals surface area contributed by atoms with Crippen LogP contribution in [0.25, 0.3) is 34.0 Å². The van der Waals surface area contributed by atoms with Crippen molar-refractivity contribution in [2.24, 2.45) is 34.5 Å². The van der Waals surface area contributed by atoms with Crippen molar-refractivity contribution >= 4 is 93.0 Å². The first-order valence-electron chi connectivity index (χ1n) is 33.7. The maximum Gasteiger partial charge on any atom is 0.325 e. The molecule has 8 atom stereocenters. The minimum atomic E-state index is -1.40. The van der Waals surface area contributed by atoms with E-state index in [1.54, 1.807) is 58.6 Å². The molecule has 4 fully saturated rings. The van der Waals surface area contributed by atoms with Gasteiger partial charge in [0, 0.05) is 72.5 Å². The predicted octanol–water partition coefficient (Wildman–Crippen LogP) is 8.06. The van der Waals surface area contributed by atoms with Crippen molar-refractivity contribution in [3.63, 3.8) is 0 Å². The first-order chi connectivity index (χ1) is 45.1. The zero-order chi connectivity index (χ0) is 68.9. The first-order valence-corrected chi connectivity index (χ1v) is 33.7. The maximum atomic E-state index is 14.0. The molecular formula is C72H96N10O13. The molecule has 6 aliphatic heterocycles. The second-order valence-electron chi connectivity index (χ2n) is 27.7. The van der Waals surface area contributed by atoms with Crippen LogP contribution in [0, 0.1) is 34.5 Å². The molecule has 512 valence electrons. The molecule has 0 spiro atoms. The molecule has 0 radical (unpaired) electrons. The zero-order valence-electron chi connectivity index (χ0n) is 56.7. The lowest BCUT2D eigenvalue weighted by Crippen LogP contribution is -2.61. The van der Waals surface area contributed by atoms with E-state index < -0.39 is 107 Å². The van der Waals surface area contributed by atoms with Crippen molar-refractivity contribution in [3.8, 4) is 0 Å². The van der Waals surface area contributed by atoms with Gasteiger partial charge in [-0.05, 0) is 153 Å². The van der Waals surface area contributed by atoms with Crippen LogP contribution in [0.15, 0.2) is 72.8 Å². The second-order valence-corrected chi connectivity index (χ2v) is 27.7. The SMILES string of the molecule is C1CCNC1.CC(C)[C@@H]1CC(=O)C(C)(C)/C=C/c2ccc3ccc(nc3c2)[C@@H](C)OC(=O)[C@@H]2CCCN(N2)C(=O)[C@H](CC(=O)N2CCCC2)NC1=O.CC(C)[C@@H]1CC(=O)C(C)(C)/C=C/c2ccc3ccc(nc3c2)[C@@H](C)OC(=O)[C@@H]2CCCN(N2)C(=O)[C@H](CC(=O)O)NC1=O. The number of likely N-dealkylation sites (tertiary alicyclic amines) is 1. The molecule has 23 heteroatoms. The summed E-state index contributed by atoms with van der Waals surface area (Å²) in [6, 6.07) is 14.8. The van der Waals surface area contributed by atoms with Gasteiger partial charge in [0.2, 0.25) is 17.7 Å². The van der Waals surface area contributed by atoms with E-state index in [4.69, 9.17) is 19.4 Å². The Morgan fingerprint density at radius 3 is 1.37 bits per heavy atom. The van der Waals surface area contributed by atoms with Crippen LogP contribution in [0.5, 0.6) is 0 Å². The molecule has 0 aliphatic carbocycles. The van der Waals surface area contributed by atoms with Crippen LogP contribution in [0.4, 0.5) is 0 Å². The van der Waals surface area contributed by atoms with E-state index in [2.05, 4.69) is 26.8 Å². The third-order valence-corrected chi connectivity index (χ3v) is 18.7. The van der Waals surface area contributed by atoms with E-state index in [1.165, 1.54) is 35.9 Å². The van der Waals surface area contributed by atoms with Crippen molar-refractivity contribution in [3.05, 3.63) is 95.3 Å². The molecular weight excluding hydrogens is 1210 g/mol. The predicted molar refractivity (Wildman–Crippen MR) is 358 cm³/mol. The number of aliphatic carboxylic acids is 1. The minimum absolute atomic E-state index is 0.0295. The average molecular weight is 1310 g/mol. The van der Waals surface area contributed by atoms with Crippen molar-refractivity contribution in [1.29, 1.82) is 0 Å². The topological polar surface area (TPSA) is 305 Å². The van der Waals surface area contributed by atoms with Gasteiger partial charge in [0.05, 0.1) is 35.3 Å². The average Bonchev–Trinajstić information content (AvgIpc) is 1.55. The maximum absolute atomic E-state index is 14.0. The summed E-state index contributed by atoms with van der Waals surface area (Å²) in [6.45, 7) is 22.2. The van der Waals surface area contributed by atoms with Crippen LogP contribution < -0.4 is 26.8 Å². The Balaban J connectivity index is 0.000000227. The van der Waals surface area contributed by atoms with Crippen molar-refractivity contribution in [2.75, 3.05) is 39.3 Å². The number of nitrogens with one attached hydrogen (secondary N) is 5. The highest BCUT2D eigenvalue weighted by molar-refractivity contribution is 5.97. The molecule has 6 aliphatic rings. The summed E-state index contributed by atoms with van der Waals surface area (Å²) in [4.78, 5) is 145. The zero-order valence-corrected chi connectivity index (χ0v) is 56.7. The molecule has 95 heavy (non-hydrogen) atoms. The number of ether oxygens (including phenoxy) is 2. The number of carboxylic acid groups (broad SMARTS) is 1. The smallest absolute Gasteiger partial charge is 0.325 e. The Kier molecular flexibility index (Phi) is 24.8. The number of carbonyl (C=O) groups excluding carboxylic acids is 9. The number of esters is 2. The molecule has 10 rings (SSSR count). The number of aromatic nitrogens is 2. The standard InChI is InChI=1S/C36H47N5O6.C32H40N4O7.C4H9N/c1-22(2)26-20-31(42)36(4,5)15-14-24-10-11-25-12-13-27(37-29(25)19-24)23(3)47-35(46)28-9-8-18-41(39-28)34(45)30(38-33(26)44)21-32(43)40-16-6-7-17-40;1-18(2)22-16-27(37)32(4,5)13-12-20-8-9-21-10-11-23(33-25(21)15-20)19(3)43-31(42)24-7-6-14-36(35-24)30(41)26(17-28(38)39)34-29(22)40;1-2-4-5-3-1/h10-15,19,22-23,26,28,30,39H,6-9,16-18,20-21H2,1-5H3,(H,38,44);8-13,15,18-19,22,24,26,35H,6-7,14,16-17H2,1-5H3,(H,34,40)(H,38,39);5H,1-4H2/b15-14+;13-12+;/t23-,26+,28+,30+;19-,22+,24+,26+;/m11./s1. The fraction of sp³-hybridized carbons (Fsp3) is 0.556. The number of allylic oxidation sites excluding steroid dienone is 2. The number of nitrogens with zero attached hydrogens (tertiary/aromatic N) is 5. The minimum Gasteiger partial charge on any atom is -0.481 e. The Morgan fingerprint density at radius 2 is 0.979 bits per heavy atom. The van der Waals surface area contributed by atoms with Gasteiger partial charge < -0.3 is 35.4 Å². The van der Waals surface area contributed by atoms with Gasteiger partial charge in [-0.25, -0.2) is 20.8 Å². The fourth-order valence-electron chi connectivity index (χ4n) is 12.2. The third kappa shape index (κ3) is 19.5. The number of fused-ring (bicyclic) bond motifs is 8. The molecule has 4 saturated heterocycles. The van der Waals surface area contributed by atoms with Crippen molar-refractivity contribution < 1.29 is 62.5 Å². The number of Topliss-reactive ketones (excluding diaryl/α,β-unsaturated/α-hetero) is 2. The molecule has 8 heterocycles. The summed E-state index contributed by atoms with van der Waals surface area (Å²) in [6.07, 6.45) is 11.4. The highest BCUT2D eigenvalue weighted by atomic mass is 16.5. The molecule has 2 aromatic heterocycles. The summed E-state index contributed by atoms with van der Waals surface area (Å²) >= 11 is 0. The summed E-state index contributed by atoms with van der Waals surface area (Å²) in [5.74, 6) is -7.08. The Hall–Kier alpha value is -8.28. The highest BCUT2D eigenvalue weighted by Gasteiger charge is 2.41. The third-order valence-electron chi connectivity index (χ3n) is 18.7. The number of pyridine rings is 2. The Labute approximate surface area is 556 Å². The number of hydrogen-bond donors (Lipinski definition) is 6. The van der Waals surface area contributed by atoms with Crippen LogP contribution in [0.2, 0.25) is 0 Å². The van der Waals surface area contributed by atoms with Gasteiger partial charge in [0.1, 0.15) is 47.9 Å². The van der Waals surface area contributed by atoms with E-state index in [0.717, 1.165) is 40.3 Å². The van der Waals surface area contributed by atoms with Crippen LogP contribution in [0.1, 0.15) is 181 Å². The van der Waals surface area contributed by atoms with E-state index in [1.807, 2.05) is 101 Å². The van der Waals surface area contributed by atoms with Gasteiger partial charge in [-0.15, -0.1) is 0 Å². The quantitative estimate of drug-likeness (QED) is 0.0994. The lowest BCUT2D eigenvalue weighted by atomic mass is 9.79. The number of amides is 5. The molecule has 5 amide bonds. The van der Waals surface area contributed by atoms with Gasteiger partial charge in [-0.1, -0.05) is 88.4 Å². The molecule has 6 N–H and O–H groups in total. The normalized spacial score (nSPS) is 26.4. The number of cyclic esters (lactones) is 2. The number of ketones is 2.